The van der Waals surface area contributed by atoms with Gasteiger partial charge < -0.3 is 20.5 Å². The second kappa shape index (κ2) is 6.33. The molecule has 1 aromatic rings. The predicted octanol–water partition coefficient (Wildman–Crippen LogP) is 3.21. The van der Waals surface area contributed by atoms with Crippen molar-refractivity contribution in [3.8, 4) is 0 Å². The fourth-order valence-corrected chi connectivity index (χ4v) is 3.38. The van der Waals surface area contributed by atoms with Gasteiger partial charge in [0.05, 0.1) is 23.4 Å². The van der Waals surface area contributed by atoms with Crippen LogP contribution in [-0.4, -0.2) is 35.9 Å². The summed E-state index contributed by atoms with van der Waals surface area (Å²) < 4.78 is 6.35. The molecule has 1 heterocycles. The van der Waals surface area contributed by atoms with Crippen LogP contribution < -0.4 is 10.6 Å². The Labute approximate surface area is 138 Å². The molecule has 21 heavy (non-hydrogen) atoms. The van der Waals surface area contributed by atoms with E-state index in [2.05, 4.69) is 42.5 Å². The van der Waals surface area contributed by atoms with Crippen LogP contribution in [0, 0.1) is 0 Å². The summed E-state index contributed by atoms with van der Waals surface area (Å²) in [7, 11) is 0. The number of urea groups is 1. The van der Waals surface area contributed by atoms with Crippen molar-refractivity contribution in [2.75, 3.05) is 18.5 Å². The summed E-state index contributed by atoms with van der Waals surface area (Å²) in [5, 5.41) is 14.6. The van der Waals surface area contributed by atoms with Gasteiger partial charge in [-0.1, -0.05) is 15.9 Å². The second-order valence-corrected chi connectivity index (χ2v) is 6.83. The Balaban J connectivity index is 2.19. The molecular weight excluding hydrogens is 408 g/mol. The van der Waals surface area contributed by atoms with Gasteiger partial charge in [0.2, 0.25) is 0 Å². The number of amides is 2. The van der Waals surface area contributed by atoms with Gasteiger partial charge in [0, 0.05) is 15.6 Å². The van der Waals surface area contributed by atoms with Crippen LogP contribution in [-0.2, 0) is 4.74 Å². The molecule has 1 aromatic carbocycles. The minimum Gasteiger partial charge on any atom is -0.478 e. The van der Waals surface area contributed by atoms with Gasteiger partial charge in [-0.2, -0.15) is 0 Å². The maximum Gasteiger partial charge on any atom is 0.337 e. The Morgan fingerprint density at radius 3 is 2.67 bits per heavy atom. The average Bonchev–Trinajstić information content (AvgIpc) is 2.78. The molecule has 0 radical (unpaired) electrons. The van der Waals surface area contributed by atoms with Gasteiger partial charge in [-0.3, -0.25) is 0 Å². The summed E-state index contributed by atoms with van der Waals surface area (Å²) in [6, 6.07) is 2.64. The number of aromatic carboxylic acids is 1. The van der Waals surface area contributed by atoms with Crippen LogP contribution in [0.15, 0.2) is 21.1 Å². The molecule has 0 saturated carbocycles. The zero-order chi connectivity index (χ0) is 15.6. The van der Waals surface area contributed by atoms with E-state index in [-0.39, 0.29) is 11.3 Å². The van der Waals surface area contributed by atoms with E-state index in [4.69, 9.17) is 4.74 Å². The van der Waals surface area contributed by atoms with Gasteiger partial charge in [0.25, 0.3) is 0 Å². The molecule has 1 unspecified atom stereocenters. The van der Waals surface area contributed by atoms with Crippen LogP contribution in [0.25, 0.3) is 0 Å². The van der Waals surface area contributed by atoms with Gasteiger partial charge in [-0.15, -0.1) is 0 Å². The van der Waals surface area contributed by atoms with E-state index >= 15 is 0 Å². The Morgan fingerprint density at radius 2 is 2.10 bits per heavy atom. The number of carboxylic acid groups (broad SMARTS) is 1. The van der Waals surface area contributed by atoms with Crippen molar-refractivity contribution in [3.63, 3.8) is 0 Å². The lowest BCUT2D eigenvalue weighted by Gasteiger charge is -2.24. The first kappa shape index (κ1) is 16.3. The number of hydrogen-bond acceptors (Lipinski definition) is 3. The van der Waals surface area contributed by atoms with Gasteiger partial charge in [0.1, 0.15) is 0 Å². The van der Waals surface area contributed by atoms with Crippen LogP contribution in [0.3, 0.4) is 0 Å². The molecule has 2 amide bonds. The van der Waals surface area contributed by atoms with Gasteiger partial charge >= 0.3 is 12.0 Å². The summed E-state index contributed by atoms with van der Waals surface area (Å²) >= 11 is 6.48. The first-order valence-electron chi connectivity index (χ1n) is 6.20. The Kier molecular flexibility index (Phi) is 4.90. The molecule has 0 bridgehead atoms. The zero-order valence-electron chi connectivity index (χ0n) is 11.2. The molecule has 1 aliphatic rings. The maximum atomic E-state index is 12.1. The summed E-state index contributed by atoms with van der Waals surface area (Å²) in [5.74, 6) is -1.12. The zero-order valence-corrected chi connectivity index (χ0v) is 14.4. The molecule has 8 heteroatoms. The Morgan fingerprint density at radius 1 is 1.38 bits per heavy atom. The summed E-state index contributed by atoms with van der Waals surface area (Å²) in [5.41, 5.74) is -0.222. The third-order valence-corrected chi connectivity index (χ3v) is 4.24. The number of hydrogen-bond donors (Lipinski definition) is 3. The van der Waals surface area contributed by atoms with E-state index < -0.39 is 17.5 Å². The number of nitrogens with one attached hydrogen (secondary N) is 2. The molecule has 1 aliphatic heterocycles. The minimum atomic E-state index is -1.12. The monoisotopic (exact) mass is 420 g/mol. The fourth-order valence-electron chi connectivity index (χ4n) is 2.05. The van der Waals surface area contributed by atoms with E-state index in [1.165, 1.54) is 6.07 Å². The minimum absolute atomic E-state index is 0.000718. The standard InChI is InChI=1S/C13H14Br2N2O4/c1-13(2-3-21-6-13)17-12(20)16-10-8(11(18)19)4-7(14)5-9(10)15/h4-5H,2-3,6H2,1H3,(H,18,19)(H2,16,17,20). The predicted molar refractivity (Wildman–Crippen MR) is 84.8 cm³/mol. The lowest BCUT2D eigenvalue weighted by Crippen LogP contribution is -2.48. The first-order chi connectivity index (χ1) is 9.81. The highest BCUT2D eigenvalue weighted by molar-refractivity contribution is 9.11. The third kappa shape index (κ3) is 3.96. The topological polar surface area (TPSA) is 87.7 Å². The van der Waals surface area contributed by atoms with E-state index in [0.717, 1.165) is 0 Å². The van der Waals surface area contributed by atoms with Crippen molar-refractivity contribution in [2.45, 2.75) is 18.9 Å². The van der Waals surface area contributed by atoms with Crippen molar-refractivity contribution < 1.29 is 19.4 Å². The van der Waals surface area contributed by atoms with Crippen molar-refractivity contribution in [3.05, 3.63) is 26.6 Å². The molecule has 3 N–H and O–H groups in total. The van der Waals surface area contributed by atoms with Gasteiger partial charge in [0.15, 0.2) is 0 Å². The quantitative estimate of drug-likeness (QED) is 0.699. The second-order valence-electron chi connectivity index (χ2n) is 5.06. The summed E-state index contributed by atoms with van der Waals surface area (Å²) in [4.78, 5) is 23.4. The van der Waals surface area contributed by atoms with E-state index in [9.17, 15) is 14.7 Å². The third-order valence-electron chi connectivity index (χ3n) is 3.16. The number of benzene rings is 1. The highest BCUT2D eigenvalue weighted by Crippen LogP contribution is 2.31. The van der Waals surface area contributed by atoms with E-state index in [0.29, 0.717) is 28.6 Å². The number of rotatable bonds is 3. The highest BCUT2D eigenvalue weighted by Gasteiger charge is 2.31. The molecule has 0 spiro atoms. The Hall–Kier alpha value is -1.12. The molecule has 1 atom stereocenters. The molecule has 1 fully saturated rings. The van der Waals surface area contributed by atoms with Crippen molar-refractivity contribution in [1.29, 1.82) is 0 Å². The number of carboxylic acids is 1. The SMILES string of the molecule is CC1(NC(=O)Nc2c(Br)cc(Br)cc2C(=O)O)CCOC1. The molecule has 0 aliphatic carbocycles. The van der Waals surface area contributed by atoms with Gasteiger partial charge in [-0.05, 0) is 41.4 Å². The Bertz CT molecular complexity index is 586. The molecule has 0 aromatic heterocycles. The largest absolute Gasteiger partial charge is 0.478 e. The van der Waals surface area contributed by atoms with E-state index in [1.54, 1.807) is 6.07 Å². The maximum absolute atomic E-state index is 12.1. The lowest BCUT2D eigenvalue weighted by atomic mass is 10.0. The van der Waals surface area contributed by atoms with Crippen LogP contribution >= 0.6 is 31.9 Å². The van der Waals surface area contributed by atoms with Crippen LogP contribution in [0.1, 0.15) is 23.7 Å². The first-order valence-corrected chi connectivity index (χ1v) is 7.78. The molecule has 2 rings (SSSR count). The van der Waals surface area contributed by atoms with Crippen LogP contribution in [0.4, 0.5) is 10.5 Å². The molecule has 1 saturated heterocycles. The molecular formula is C13H14Br2N2O4. The number of carbonyl (C=O) groups excluding carboxylic acids is 1. The smallest absolute Gasteiger partial charge is 0.337 e. The fraction of sp³-hybridized carbons (Fsp3) is 0.385. The number of anilines is 1. The van der Waals surface area contributed by atoms with Crippen molar-refractivity contribution >= 4 is 49.5 Å². The van der Waals surface area contributed by atoms with Crippen molar-refractivity contribution in [2.24, 2.45) is 0 Å². The van der Waals surface area contributed by atoms with Gasteiger partial charge in [-0.25, -0.2) is 9.59 Å². The normalized spacial score (nSPS) is 21.1. The van der Waals surface area contributed by atoms with Crippen molar-refractivity contribution in [1.82, 2.24) is 5.32 Å². The van der Waals surface area contributed by atoms with Crippen LogP contribution in [0.2, 0.25) is 0 Å². The summed E-state index contributed by atoms with van der Waals surface area (Å²) in [6.45, 7) is 2.92. The lowest BCUT2D eigenvalue weighted by molar-refractivity contribution is 0.0698. The number of ether oxygens (including phenoxy) is 1. The average molecular weight is 422 g/mol. The van der Waals surface area contributed by atoms with Crippen LogP contribution in [0.5, 0.6) is 0 Å². The molecule has 114 valence electrons. The highest BCUT2D eigenvalue weighted by atomic mass is 79.9. The van der Waals surface area contributed by atoms with E-state index in [1.807, 2.05) is 6.92 Å². The number of carbonyl (C=O) groups is 2. The summed E-state index contributed by atoms with van der Waals surface area (Å²) in [6.07, 6.45) is 0.716. The molecule has 6 nitrogen and oxygen atoms in total. The number of halogens is 2.